The van der Waals surface area contributed by atoms with Gasteiger partial charge < -0.3 is 20.5 Å². The predicted octanol–water partition coefficient (Wildman–Crippen LogP) is -0.410. The van der Waals surface area contributed by atoms with Gasteiger partial charge in [0.2, 0.25) is 5.91 Å². The third kappa shape index (κ3) is 3.98. The van der Waals surface area contributed by atoms with Gasteiger partial charge in [0.25, 0.3) is 0 Å². The maximum Gasteiger partial charge on any atom is 0.326 e. The lowest BCUT2D eigenvalue weighted by molar-refractivity contribution is -0.146. The van der Waals surface area contributed by atoms with Crippen molar-refractivity contribution in [3.05, 3.63) is 0 Å². The van der Waals surface area contributed by atoms with E-state index in [0.29, 0.717) is 13.1 Å². The minimum absolute atomic E-state index is 0.103. The van der Waals surface area contributed by atoms with Gasteiger partial charge in [-0.1, -0.05) is 13.8 Å². The van der Waals surface area contributed by atoms with Crippen molar-refractivity contribution in [3.8, 4) is 0 Å². The van der Waals surface area contributed by atoms with Crippen LogP contribution in [0.5, 0.6) is 0 Å². The summed E-state index contributed by atoms with van der Waals surface area (Å²) in [5.74, 6) is -1.57. The van der Waals surface area contributed by atoms with Crippen LogP contribution < -0.4 is 10.6 Å². The number of carbonyl (C=O) groups excluding carboxylic acids is 1. The zero-order valence-corrected chi connectivity index (χ0v) is 10.4. The van der Waals surface area contributed by atoms with E-state index in [1.807, 2.05) is 6.92 Å². The first-order valence-corrected chi connectivity index (χ1v) is 5.71. The predicted molar refractivity (Wildman–Crippen MR) is 61.6 cm³/mol. The van der Waals surface area contributed by atoms with E-state index in [1.54, 1.807) is 13.8 Å². The molecule has 1 atom stereocenters. The Bertz CT molecular complexity index is 300. The van der Waals surface area contributed by atoms with Gasteiger partial charge in [0.05, 0.1) is 5.60 Å². The highest BCUT2D eigenvalue weighted by molar-refractivity contribution is 5.84. The highest BCUT2D eigenvalue weighted by Crippen LogP contribution is 2.14. The van der Waals surface area contributed by atoms with Crippen LogP contribution in [0.4, 0.5) is 0 Å². The van der Waals surface area contributed by atoms with Gasteiger partial charge in [0.15, 0.2) is 0 Å². The van der Waals surface area contributed by atoms with Gasteiger partial charge in [-0.2, -0.15) is 0 Å². The molecule has 1 rings (SSSR count). The van der Waals surface area contributed by atoms with Crippen LogP contribution in [0, 0.1) is 5.92 Å². The molecule has 0 saturated carbocycles. The first kappa shape index (κ1) is 13.9. The molecule has 1 unspecified atom stereocenters. The van der Waals surface area contributed by atoms with Crippen molar-refractivity contribution in [1.82, 2.24) is 10.6 Å². The lowest BCUT2D eigenvalue weighted by Crippen LogP contribution is -2.60. The molecular formula is C11H20N2O4. The molecule has 0 aromatic rings. The van der Waals surface area contributed by atoms with E-state index in [1.165, 1.54) is 0 Å². The summed E-state index contributed by atoms with van der Waals surface area (Å²) in [6.45, 7) is 6.73. The van der Waals surface area contributed by atoms with E-state index >= 15 is 0 Å². The molecule has 0 bridgehead atoms. The van der Waals surface area contributed by atoms with E-state index < -0.39 is 12.0 Å². The maximum atomic E-state index is 11.5. The van der Waals surface area contributed by atoms with Crippen LogP contribution in [-0.4, -0.2) is 48.3 Å². The van der Waals surface area contributed by atoms with E-state index in [0.717, 1.165) is 0 Å². The largest absolute Gasteiger partial charge is 0.480 e. The number of carbonyl (C=O) groups is 2. The molecule has 6 heteroatoms. The lowest BCUT2D eigenvalue weighted by Gasteiger charge is -2.38. The van der Waals surface area contributed by atoms with Crippen molar-refractivity contribution < 1.29 is 19.4 Å². The van der Waals surface area contributed by atoms with Crippen molar-refractivity contribution in [2.24, 2.45) is 5.92 Å². The van der Waals surface area contributed by atoms with Crippen molar-refractivity contribution in [2.75, 3.05) is 19.7 Å². The number of ether oxygens (including phenoxy) is 1. The smallest absolute Gasteiger partial charge is 0.326 e. The molecule has 3 N–H and O–H groups in total. The third-order valence-electron chi connectivity index (χ3n) is 2.80. The van der Waals surface area contributed by atoms with Gasteiger partial charge >= 0.3 is 5.97 Å². The second-order valence-electron chi connectivity index (χ2n) is 4.97. The Morgan fingerprint density at radius 1 is 1.47 bits per heavy atom. The Kier molecular flexibility index (Phi) is 4.47. The van der Waals surface area contributed by atoms with Gasteiger partial charge in [-0.15, -0.1) is 0 Å². The summed E-state index contributed by atoms with van der Waals surface area (Å²) in [5, 5.41) is 14.4. The topological polar surface area (TPSA) is 87.7 Å². The molecule has 0 aromatic heterocycles. The molecule has 1 heterocycles. The molecule has 1 amide bonds. The van der Waals surface area contributed by atoms with Crippen LogP contribution in [0.1, 0.15) is 20.8 Å². The Balaban J connectivity index is 2.34. The Morgan fingerprint density at radius 3 is 2.41 bits per heavy atom. The average molecular weight is 244 g/mol. The Labute approximate surface area is 101 Å². The summed E-state index contributed by atoms with van der Waals surface area (Å²) in [4.78, 5) is 22.4. The fraction of sp³-hybridized carbons (Fsp3) is 0.818. The van der Waals surface area contributed by atoms with Gasteiger partial charge in [0, 0.05) is 13.1 Å². The maximum absolute atomic E-state index is 11.5. The standard InChI is InChI=1S/C11H20N2O4/c1-7(2)9(10(15)16)13-8(14)4-17-11(3)5-12-6-11/h7,9,12H,4-6H2,1-3H3,(H,13,14)(H,15,16). The molecule has 0 aliphatic carbocycles. The molecule has 17 heavy (non-hydrogen) atoms. The van der Waals surface area contributed by atoms with Crippen molar-refractivity contribution >= 4 is 11.9 Å². The molecule has 0 spiro atoms. The van der Waals surface area contributed by atoms with Gasteiger partial charge in [0.1, 0.15) is 12.6 Å². The van der Waals surface area contributed by atoms with Gasteiger partial charge in [-0.3, -0.25) is 4.79 Å². The van der Waals surface area contributed by atoms with Crippen LogP contribution in [0.25, 0.3) is 0 Å². The Hall–Kier alpha value is -1.14. The fourth-order valence-electron chi connectivity index (χ4n) is 1.55. The molecule has 1 saturated heterocycles. The minimum Gasteiger partial charge on any atom is -0.480 e. The van der Waals surface area contributed by atoms with Crippen LogP contribution in [0.3, 0.4) is 0 Å². The lowest BCUT2D eigenvalue weighted by atomic mass is 10.0. The number of hydrogen-bond acceptors (Lipinski definition) is 4. The third-order valence-corrected chi connectivity index (χ3v) is 2.80. The molecule has 0 radical (unpaired) electrons. The number of aliphatic carboxylic acids is 1. The van der Waals surface area contributed by atoms with Crippen molar-refractivity contribution in [1.29, 1.82) is 0 Å². The average Bonchev–Trinajstić information content (AvgIpc) is 2.19. The van der Waals surface area contributed by atoms with E-state index in [-0.39, 0.29) is 24.0 Å². The van der Waals surface area contributed by atoms with E-state index in [9.17, 15) is 9.59 Å². The van der Waals surface area contributed by atoms with Crippen LogP contribution in [-0.2, 0) is 14.3 Å². The van der Waals surface area contributed by atoms with Crippen molar-refractivity contribution in [2.45, 2.75) is 32.4 Å². The zero-order chi connectivity index (χ0) is 13.1. The second kappa shape index (κ2) is 5.46. The van der Waals surface area contributed by atoms with Gasteiger partial charge in [-0.05, 0) is 12.8 Å². The number of nitrogens with one attached hydrogen (secondary N) is 2. The monoisotopic (exact) mass is 244 g/mol. The number of carboxylic acid groups (broad SMARTS) is 1. The molecule has 0 aromatic carbocycles. The van der Waals surface area contributed by atoms with Crippen LogP contribution >= 0.6 is 0 Å². The summed E-state index contributed by atoms with van der Waals surface area (Å²) in [6, 6.07) is -0.863. The highest BCUT2D eigenvalue weighted by atomic mass is 16.5. The Morgan fingerprint density at radius 2 is 2.06 bits per heavy atom. The summed E-state index contributed by atoms with van der Waals surface area (Å²) in [5.41, 5.74) is -0.298. The van der Waals surface area contributed by atoms with Crippen LogP contribution in [0.2, 0.25) is 0 Å². The first-order chi connectivity index (χ1) is 7.84. The molecule has 98 valence electrons. The summed E-state index contributed by atoms with van der Waals surface area (Å²) in [7, 11) is 0. The highest BCUT2D eigenvalue weighted by Gasteiger charge is 2.33. The molecule has 1 fully saturated rings. The molecule has 6 nitrogen and oxygen atoms in total. The number of carboxylic acids is 1. The molecule has 1 aliphatic rings. The minimum atomic E-state index is -1.02. The van der Waals surface area contributed by atoms with Crippen LogP contribution in [0.15, 0.2) is 0 Å². The zero-order valence-electron chi connectivity index (χ0n) is 10.4. The quantitative estimate of drug-likeness (QED) is 0.591. The van der Waals surface area contributed by atoms with E-state index in [2.05, 4.69) is 10.6 Å². The summed E-state index contributed by atoms with van der Waals surface area (Å²) >= 11 is 0. The summed E-state index contributed by atoms with van der Waals surface area (Å²) in [6.07, 6.45) is 0. The number of rotatable bonds is 6. The first-order valence-electron chi connectivity index (χ1n) is 5.71. The number of amides is 1. The van der Waals surface area contributed by atoms with Crippen molar-refractivity contribution in [3.63, 3.8) is 0 Å². The fourth-order valence-corrected chi connectivity index (χ4v) is 1.55. The second-order valence-corrected chi connectivity index (χ2v) is 4.97. The summed E-state index contributed by atoms with van der Waals surface area (Å²) < 4.78 is 5.42. The normalized spacial score (nSPS) is 19.5. The SMILES string of the molecule is CC(C)C(NC(=O)COC1(C)CNC1)C(=O)O. The van der Waals surface area contributed by atoms with E-state index in [4.69, 9.17) is 9.84 Å². The molecular weight excluding hydrogens is 224 g/mol. The number of hydrogen-bond donors (Lipinski definition) is 3. The molecule has 1 aliphatic heterocycles. The van der Waals surface area contributed by atoms with Gasteiger partial charge in [-0.25, -0.2) is 4.79 Å².